The van der Waals surface area contributed by atoms with Crippen molar-refractivity contribution in [1.82, 2.24) is 4.90 Å². The van der Waals surface area contributed by atoms with E-state index >= 15 is 0 Å². The van der Waals surface area contributed by atoms with Gasteiger partial charge in [-0.15, -0.1) is 0 Å². The van der Waals surface area contributed by atoms with Crippen molar-refractivity contribution < 1.29 is 14.7 Å². The summed E-state index contributed by atoms with van der Waals surface area (Å²) in [5.41, 5.74) is 1.06. The van der Waals surface area contributed by atoms with Gasteiger partial charge in [-0.1, -0.05) is 24.3 Å². The lowest BCUT2D eigenvalue weighted by atomic mass is 10.1. The molecule has 0 aliphatic carbocycles. The van der Waals surface area contributed by atoms with E-state index in [9.17, 15) is 9.59 Å². The molecule has 90 valence electrons. The molecule has 0 aliphatic rings. The molecule has 0 aliphatic heterocycles. The highest BCUT2D eigenvalue weighted by atomic mass is 16.4. The lowest BCUT2D eigenvalue weighted by Gasteiger charge is -2.18. The summed E-state index contributed by atoms with van der Waals surface area (Å²) in [4.78, 5) is 24.5. The zero-order chi connectivity index (χ0) is 13.0. The number of aromatic carboxylic acids is 1. The first-order valence-corrected chi connectivity index (χ1v) is 5.15. The van der Waals surface area contributed by atoms with Crippen LogP contribution < -0.4 is 0 Å². The van der Waals surface area contributed by atoms with E-state index in [0.717, 1.165) is 5.57 Å². The average molecular weight is 233 g/mol. The first-order valence-electron chi connectivity index (χ1n) is 5.15. The number of hydrogen-bond donors (Lipinski definition) is 1. The number of likely N-dealkylation sites (N-methyl/N-ethyl adjacent to an activating group) is 1. The molecule has 0 heterocycles. The molecule has 1 amide bonds. The highest BCUT2D eigenvalue weighted by molar-refractivity contribution is 6.04. The van der Waals surface area contributed by atoms with E-state index in [1.165, 1.54) is 17.0 Å². The minimum absolute atomic E-state index is 0.0195. The number of carbonyl (C=O) groups is 2. The third-order valence-electron chi connectivity index (χ3n) is 2.24. The molecule has 0 unspecified atom stereocenters. The van der Waals surface area contributed by atoms with Crippen LogP contribution in [0.2, 0.25) is 0 Å². The summed E-state index contributed by atoms with van der Waals surface area (Å²) < 4.78 is 0. The molecule has 0 saturated heterocycles. The van der Waals surface area contributed by atoms with Gasteiger partial charge in [0, 0.05) is 13.6 Å². The van der Waals surface area contributed by atoms with Crippen molar-refractivity contribution in [2.45, 2.75) is 6.92 Å². The summed E-state index contributed by atoms with van der Waals surface area (Å²) >= 11 is 0. The Kier molecular flexibility index (Phi) is 4.04. The fraction of sp³-hybridized carbons (Fsp3) is 0.231. The summed E-state index contributed by atoms with van der Waals surface area (Å²) in [5.74, 6) is -1.41. The van der Waals surface area contributed by atoms with Crippen LogP contribution in [0.1, 0.15) is 27.6 Å². The Balaban J connectivity index is 3.04. The first kappa shape index (κ1) is 13.0. The Hall–Kier alpha value is -2.10. The molecule has 1 N–H and O–H groups in total. The fourth-order valence-corrected chi connectivity index (χ4v) is 1.54. The highest BCUT2D eigenvalue weighted by Gasteiger charge is 2.18. The van der Waals surface area contributed by atoms with Gasteiger partial charge in [0.05, 0.1) is 11.1 Å². The van der Waals surface area contributed by atoms with E-state index < -0.39 is 5.97 Å². The second-order valence-electron chi connectivity index (χ2n) is 3.97. The third kappa shape index (κ3) is 3.17. The topological polar surface area (TPSA) is 57.6 Å². The molecule has 17 heavy (non-hydrogen) atoms. The van der Waals surface area contributed by atoms with Crippen LogP contribution in [-0.4, -0.2) is 35.5 Å². The maximum atomic E-state index is 12.0. The first-order chi connectivity index (χ1) is 7.93. The van der Waals surface area contributed by atoms with Crippen LogP contribution in [-0.2, 0) is 0 Å². The zero-order valence-corrected chi connectivity index (χ0v) is 9.93. The molecule has 0 saturated carbocycles. The third-order valence-corrected chi connectivity index (χ3v) is 2.24. The van der Waals surface area contributed by atoms with Crippen LogP contribution in [0.5, 0.6) is 0 Å². The maximum Gasteiger partial charge on any atom is 0.336 e. The molecule has 0 bridgehead atoms. The minimum Gasteiger partial charge on any atom is -0.478 e. The Morgan fingerprint density at radius 2 is 1.82 bits per heavy atom. The molecule has 0 radical (unpaired) electrons. The van der Waals surface area contributed by atoms with Crippen molar-refractivity contribution in [3.05, 3.63) is 47.5 Å². The quantitative estimate of drug-likeness (QED) is 0.809. The van der Waals surface area contributed by atoms with E-state index in [-0.39, 0.29) is 17.0 Å². The number of benzene rings is 1. The van der Waals surface area contributed by atoms with Gasteiger partial charge < -0.3 is 10.0 Å². The van der Waals surface area contributed by atoms with Crippen LogP contribution in [0.3, 0.4) is 0 Å². The molecule has 0 aromatic heterocycles. The van der Waals surface area contributed by atoms with Gasteiger partial charge in [0.15, 0.2) is 0 Å². The van der Waals surface area contributed by atoms with Crippen molar-refractivity contribution in [2.24, 2.45) is 0 Å². The summed E-state index contributed by atoms with van der Waals surface area (Å²) in [7, 11) is 1.62. The number of hydrogen-bond acceptors (Lipinski definition) is 2. The second-order valence-corrected chi connectivity index (χ2v) is 3.97. The van der Waals surface area contributed by atoms with Crippen LogP contribution in [0.25, 0.3) is 0 Å². The summed E-state index contributed by atoms with van der Waals surface area (Å²) in [5, 5.41) is 8.99. The average Bonchev–Trinajstić information content (AvgIpc) is 2.27. The number of carboxylic acids is 1. The molecule has 0 fully saturated rings. The van der Waals surface area contributed by atoms with Crippen molar-refractivity contribution in [3.8, 4) is 0 Å². The number of nitrogens with zero attached hydrogens (tertiary/aromatic N) is 1. The highest BCUT2D eigenvalue weighted by Crippen LogP contribution is 2.11. The van der Waals surface area contributed by atoms with Gasteiger partial charge in [-0.2, -0.15) is 0 Å². The summed E-state index contributed by atoms with van der Waals surface area (Å²) in [6, 6.07) is 6.18. The largest absolute Gasteiger partial charge is 0.478 e. The molecule has 0 spiro atoms. The van der Waals surface area contributed by atoms with E-state index in [1.54, 1.807) is 19.2 Å². The zero-order valence-electron chi connectivity index (χ0n) is 9.93. The van der Waals surface area contributed by atoms with Crippen LogP contribution >= 0.6 is 0 Å². The van der Waals surface area contributed by atoms with Gasteiger partial charge in [0.25, 0.3) is 5.91 Å². The van der Waals surface area contributed by atoms with E-state index in [0.29, 0.717) is 6.54 Å². The van der Waals surface area contributed by atoms with Crippen molar-refractivity contribution >= 4 is 11.9 Å². The standard InChI is InChI=1S/C13H15NO3/c1-9(2)8-14(3)12(15)10-6-4-5-7-11(10)13(16)17/h4-7H,1,8H2,2-3H3,(H,16,17). The number of carboxylic acid groups (broad SMARTS) is 1. The van der Waals surface area contributed by atoms with Crippen LogP contribution in [0.4, 0.5) is 0 Å². The van der Waals surface area contributed by atoms with E-state index in [1.807, 2.05) is 6.92 Å². The number of amides is 1. The Labute approximate surface area is 100 Å². The lowest BCUT2D eigenvalue weighted by Crippen LogP contribution is -2.29. The van der Waals surface area contributed by atoms with Gasteiger partial charge in [0.2, 0.25) is 0 Å². The molecule has 4 nitrogen and oxygen atoms in total. The predicted octanol–water partition coefficient (Wildman–Crippen LogP) is 2.03. The van der Waals surface area contributed by atoms with Crippen LogP contribution in [0.15, 0.2) is 36.4 Å². The second kappa shape index (κ2) is 5.30. The lowest BCUT2D eigenvalue weighted by molar-refractivity contribution is 0.0683. The molecular weight excluding hydrogens is 218 g/mol. The molecule has 1 aromatic carbocycles. The summed E-state index contributed by atoms with van der Waals surface area (Å²) in [6.07, 6.45) is 0. The monoisotopic (exact) mass is 233 g/mol. The molecule has 1 rings (SSSR count). The molecular formula is C13H15NO3. The maximum absolute atomic E-state index is 12.0. The number of carbonyl (C=O) groups excluding carboxylic acids is 1. The fourth-order valence-electron chi connectivity index (χ4n) is 1.54. The Bertz CT molecular complexity index is 465. The van der Waals surface area contributed by atoms with E-state index in [4.69, 9.17) is 5.11 Å². The predicted molar refractivity (Wildman–Crippen MR) is 65.2 cm³/mol. The molecule has 4 heteroatoms. The SMILES string of the molecule is C=C(C)CN(C)C(=O)c1ccccc1C(=O)O. The normalized spacial score (nSPS) is 9.76. The Morgan fingerprint density at radius 1 is 1.29 bits per heavy atom. The van der Waals surface area contributed by atoms with Gasteiger partial charge >= 0.3 is 5.97 Å². The smallest absolute Gasteiger partial charge is 0.336 e. The van der Waals surface area contributed by atoms with Crippen molar-refractivity contribution in [3.63, 3.8) is 0 Å². The van der Waals surface area contributed by atoms with Gasteiger partial charge in [0.1, 0.15) is 0 Å². The van der Waals surface area contributed by atoms with Crippen molar-refractivity contribution in [1.29, 1.82) is 0 Å². The van der Waals surface area contributed by atoms with E-state index in [2.05, 4.69) is 6.58 Å². The minimum atomic E-state index is -1.10. The Morgan fingerprint density at radius 3 is 2.29 bits per heavy atom. The van der Waals surface area contributed by atoms with Crippen molar-refractivity contribution in [2.75, 3.05) is 13.6 Å². The number of rotatable bonds is 4. The molecule has 1 aromatic rings. The molecule has 0 atom stereocenters. The van der Waals surface area contributed by atoms with Gasteiger partial charge in [-0.05, 0) is 19.1 Å². The summed E-state index contributed by atoms with van der Waals surface area (Å²) in [6.45, 7) is 5.94. The van der Waals surface area contributed by atoms with Gasteiger partial charge in [-0.25, -0.2) is 4.79 Å². The van der Waals surface area contributed by atoms with Crippen LogP contribution in [0, 0.1) is 0 Å². The van der Waals surface area contributed by atoms with Gasteiger partial charge in [-0.3, -0.25) is 4.79 Å².